The summed E-state index contributed by atoms with van der Waals surface area (Å²) in [5, 5.41) is 2.85. The second kappa shape index (κ2) is 6.85. The number of rotatable bonds is 5. The quantitative estimate of drug-likeness (QED) is 0.887. The summed E-state index contributed by atoms with van der Waals surface area (Å²) < 4.78 is 13.4. The van der Waals surface area contributed by atoms with Gasteiger partial charge in [0.2, 0.25) is 5.91 Å². The van der Waals surface area contributed by atoms with Gasteiger partial charge in [-0.05, 0) is 30.5 Å². The van der Waals surface area contributed by atoms with E-state index in [0.717, 1.165) is 5.56 Å². The molecule has 1 amide bonds. The lowest BCUT2D eigenvalue weighted by Crippen LogP contribution is -2.23. The maximum absolute atomic E-state index is 13.4. The first-order chi connectivity index (χ1) is 9.65. The Morgan fingerprint density at radius 1 is 1.15 bits per heavy atom. The van der Waals surface area contributed by atoms with E-state index in [1.54, 1.807) is 18.2 Å². The second-order valence-corrected chi connectivity index (χ2v) is 4.86. The van der Waals surface area contributed by atoms with E-state index in [1.807, 2.05) is 31.2 Å². The summed E-state index contributed by atoms with van der Waals surface area (Å²) in [6, 6.07) is 14.6. The van der Waals surface area contributed by atoms with Gasteiger partial charge in [-0.2, -0.15) is 0 Å². The average molecular weight is 271 g/mol. The van der Waals surface area contributed by atoms with E-state index in [0.29, 0.717) is 24.9 Å². The molecule has 0 aliphatic heterocycles. The number of aryl methyl sites for hydroxylation is 2. The van der Waals surface area contributed by atoms with Crippen molar-refractivity contribution in [2.24, 2.45) is 0 Å². The van der Waals surface area contributed by atoms with Crippen molar-refractivity contribution in [2.45, 2.75) is 26.3 Å². The Kier molecular flexibility index (Phi) is 4.88. The molecule has 20 heavy (non-hydrogen) atoms. The first-order valence-corrected chi connectivity index (χ1v) is 6.71. The summed E-state index contributed by atoms with van der Waals surface area (Å²) in [7, 11) is 0. The zero-order valence-corrected chi connectivity index (χ0v) is 11.5. The Hall–Kier alpha value is -2.16. The fourth-order valence-electron chi connectivity index (χ4n) is 2.06. The Bertz CT molecular complexity index is 595. The lowest BCUT2D eigenvalue weighted by Gasteiger charge is -2.06. The largest absolute Gasteiger partial charge is 0.352 e. The summed E-state index contributed by atoms with van der Waals surface area (Å²) in [5.74, 6) is -0.311. The van der Waals surface area contributed by atoms with E-state index in [9.17, 15) is 9.18 Å². The highest BCUT2D eigenvalue weighted by Gasteiger charge is 2.05. The van der Waals surface area contributed by atoms with E-state index < -0.39 is 0 Å². The zero-order valence-electron chi connectivity index (χ0n) is 11.5. The maximum Gasteiger partial charge on any atom is 0.220 e. The van der Waals surface area contributed by atoms with Crippen LogP contribution >= 0.6 is 0 Å². The van der Waals surface area contributed by atoms with Crippen LogP contribution in [0, 0.1) is 12.7 Å². The van der Waals surface area contributed by atoms with Crippen LogP contribution in [-0.2, 0) is 17.8 Å². The fraction of sp³-hybridized carbons (Fsp3) is 0.235. The molecule has 0 fully saturated rings. The first-order valence-electron chi connectivity index (χ1n) is 6.71. The number of carbonyl (C=O) groups excluding carboxylic acids is 1. The second-order valence-electron chi connectivity index (χ2n) is 4.86. The van der Waals surface area contributed by atoms with E-state index in [1.165, 1.54) is 11.6 Å². The predicted molar refractivity (Wildman–Crippen MR) is 77.7 cm³/mol. The van der Waals surface area contributed by atoms with Crippen LogP contribution in [0.3, 0.4) is 0 Å². The van der Waals surface area contributed by atoms with Gasteiger partial charge in [-0.1, -0.05) is 48.0 Å². The predicted octanol–water partition coefficient (Wildman–Crippen LogP) is 3.38. The van der Waals surface area contributed by atoms with Crippen LogP contribution in [-0.4, -0.2) is 5.91 Å². The molecule has 0 bridgehead atoms. The Labute approximate surface area is 118 Å². The standard InChI is InChI=1S/C17H18FNO/c1-13-5-4-6-14(11-13)12-19-17(20)10-9-15-7-2-3-8-16(15)18/h2-8,11H,9-10,12H2,1H3,(H,19,20). The molecule has 0 saturated heterocycles. The molecule has 0 aromatic heterocycles. The van der Waals surface area contributed by atoms with Gasteiger partial charge in [-0.15, -0.1) is 0 Å². The van der Waals surface area contributed by atoms with Crippen molar-refractivity contribution < 1.29 is 9.18 Å². The molecule has 3 heteroatoms. The van der Waals surface area contributed by atoms with Crippen LogP contribution in [0.1, 0.15) is 23.1 Å². The summed E-state index contributed by atoms with van der Waals surface area (Å²) in [6.07, 6.45) is 0.721. The minimum absolute atomic E-state index is 0.0604. The van der Waals surface area contributed by atoms with Gasteiger partial charge in [0.15, 0.2) is 0 Å². The van der Waals surface area contributed by atoms with E-state index >= 15 is 0 Å². The van der Waals surface area contributed by atoms with Crippen molar-refractivity contribution in [2.75, 3.05) is 0 Å². The molecule has 0 spiro atoms. The molecule has 2 rings (SSSR count). The first kappa shape index (κ1) is 14.3. The van der Waals surface area contributed by atoms with Crippen LogP contribution < -0.4 is 5.32 Å². The van der Waals surface area contributed by atoms with Gasteiger partial charge in [0, 0.05) is 13.0 Å². The summed E-state index contributed by atoms with van der Waals surface area (Å²) >= 11 is 0. The molecule has 2 nitrogen and oxygen atoms in total. The SMILES string of the molecule is Cc1cccc(CNC(=O)CCc2ccccc2F)c1. The molecule has 0 radical (unpaired) electrons. The van der Waals surface area contributed by atoms with E-state index in [-0.39, 0.29) is 11.7 Å². The lowest BCUT2D eigenvalue weighted by molar-refractivity contribution is -0.121. The molecule has 1 N–H and O–H groups in total. The third kappa shape index (κ3) is 4.19. The number of hydrogen-bond acceptors (Lipinski definition) is 1. The van der Waals surface area contributed by atoms with Crippen molar-refractivity contribution in [3.8, 4) is 0 Å². The lowest BCUT2D eigenvalue weighted by atomic mass is 10.1. The highest BCUT2D eigenvalue weighted by Crippen LogP contribution is 2.09. The van der Waals surface area contributed by atoms with Crippen LogP contribution in [0.2, 0.25) is 0 Å². The van der Waals surface area contributed by atoms with Crippen LogP contribution in [0.25, 0.3) is 0 Å². The highest BCUT2D eigenvalue weighted by molar-refractivity contribution is 5.76. The maximum atomic E-state index is 13.4. The van der Waals surface area contributed by atoms with Gasteiger partial charge in [-0.3, -0.25) is 4.79 Å². The highest BCUT2D eigenvalue weighted by atomic mass is 19.1. The van der Waals surface area contributed by atoms with Crippen molar-refractivity contribution >= 4 is 5.91 Å². The monoisotopic (exact) mass is 271 g/mol. The molecule has 104 valence electrons. The van der Waals surface area contributed by atoms with Gasteiger partial charge in [0.05, 0.1) is 0 Å². The molecule has 0 unspecified atom stereocenters. The molecule has 0 heterocycles. The third-order valence-corrected chi connectivity index (χ3v) is 3.15. The van der Waals surface area contributed by atoms with Crippen LogP contribution in [0.15, 0.2) is 48.5 Å². The number of carbonyl (C=O) groups is 1. The molecule has 2 aromatic carbocycles. The Morgan fingerprint density at radius 3 is 2.70 bits per heavy atom. The number of amides is 1. The molecule has 0 saturated carbocycles. The number of benzene rings is 2. The van der Waals surface area contributed by atoms with E-state index in [2.05, 4.69) is 5.32 Å². The average Bonchev–Trinajstić information content (AvgIpc) is 2.44. The summed E-state index contributed by atoms with van der Waals surface area (Å²) in [6.45, 7) is 2.53. The van der Waals surface area contributed by atoms with Crippen molar-refractivity contribution in [3.05, 3.63) is 71.0 Å². The number of hydrogen-bond donors (Lipinski definition) is 1. The van der Waals surface area contributed by atoms with Gasteiger partial charge in [-0.25, -0.2) is 4.39 Å². The number of halogens is 1. The topological polar surface area (TPSA) is 29.1 Å². The van der Waals surface area contributed by atoms with Crippen molar-refractivity contribution in [1.29, 1.82) is 0 Å². The minimum atomic E-state index is -0.251. The summed E-state index contributed by atoms with van der Waals surface area (Å²) in [4.78, 5) is 11.8. The molecule has 0 aliphatic carbocycles. The van der Waals surface area contributed by atoms with Gasteiger partial charge < -0.3 is 5.32 Å². The smallest absolute Gasteiger partial charge is 0.220 e. The van der Waals surface area contributed by atoms with Gasteiger partial charge in [0.1, 0.15) is 5.82 Å². The molecular formula is C17H18FNO. The molecule has 0 aliphatic rings. The van der Waals surface area contributed by atoms with Gasteiger partial charge >= 0.3 is 0 Å². The minimum Gasteiger partial charge on any atom is -0.352 e. The van der Waals surface area contributed by atoms with Gasteiger partial charge in [0.25, 0.3) is 0 Å². The van der Waals surface area contributed by atoms with Crippen molar-refractivity contribution in [1.82, 2.24) is 5.32 Å². The van der Waals surface area contributed by atoms with E-state index in [4.69, 9.17) is 0 Å². The molecule has 2 aromatic rings. The zero-order chi connectivity index (χ0) is 14.4. The third-order valence-electron chi connectivity index (χ3n) is 3.15. The van der Waals surface area contributed by atoms with Crippen LogP contribution in [0.4, 0.5) is 4.39 Å². The molecular weight excluding hydrogens is 253 g/mol. The Balaban J connectivity index is 1.80. The van der Waals surface area contributed by atoms with Crippen molar-refractivity contribution in [3.63, 3.8) is 0 Å². The normalized spacial score (nSPS) is 10.3. The van der Waals surface area contributed by atoms with Crippen LogP contribution in [0.5, 0.6) is 0 Å². The Morgan fingerprint density at radius 2 is 1.95 bits per heavy atom. The number of nitrogens with one attached hydrogen (secondary N) is 1. The molecule has 0 atom stereocenters. The fourth-order valence-corrected chi connectivity index (χ4v) is 2.06. The summed E-state index contributed by atoms with van der Waals surface area (Å²) in [5.41, 5.74) is 2.82.